The second-order valence-electron chi connectivity index (χ2n) is 5.27. The lowest BCUT2D eigenvalue weighted by Gasteiger charge is -2.04. The number of hydrogen-bond donors (Lipinski definition) is 1. The lowest BCUT2D eigenvalue weighted by Crippen LogP contribution is -2.22. The number of carbonyl (C=O) groups excluding carboxylic acids is 1. The van der Waals surface area contributed by atoms with Crippen LogP contribution in [0.15, 0.2) is 53.9 Å². The highest BCUT2D eigenvalue weighted by molar-refractivity contribution is 7.09. The average Bonchev–Trinajstić information content (AvgIpc) is 3.15. The maximum Gasteiger partial charge on any atom is 0.251 e. The molecule has 6 heteroatoms. The van der Waals surface area contributed by atoms with Crippen molar-refractivity contribution in [1.29, 1.82) is 0 Å². The molecule has 0 spiro atoms. The molecule has 25 heavy (non-hydrogen) atoms. The summed E-state index contributed by atoms with van der Waals surface area (Å²) in [5, 5.41) is 5.72. The van der Waals surface area contributed by atoms with Crippen molar-refractivity contribution in [1.82, 2.24) is 10.3 Å². The van der Waals surface area contributed by atoms with E-state index in [0.29, 0.717) is 12.1 Å². The summed E-state index contributed by atoms with van der Waals surface area (Å²) >= 11 is 1.52. The Morgan fingerprint density at radius 3 is 2.20 bits per heavy atom. The van der Waals surface area contributed by atoms with E-state index in [4.69, 9.17) is 9.47 Å². The largest absolute Gasteiger partial charge is 0.497 e. The number of amides is 1. The second kappa shape index (κ2) is 7.81. The van der Waals surface area contributed by atoms with Gasteiger partial charge in [0.05, 0.1) is 26.5 Å². The highest BCUT2D eigenvalue weighted by atomic mass is 32.1. The molecule has 0 saturated carbocycles. The number of nitrogens with zero attached hydrogens (tertiary/aromatic N) is 1. The zero-order chi connectivity index (χ0) is 17.6. The first-order valence-electron chi connectivity index (χ1n) is 7.70. The number of nitrogens with one attached hydrogen (secondary N) is 1. The van der Waals surface area contributed by atoms with Gasteiger partial charge in [0.1, 0.15) is 16.5 Å². The molecule has 0 radical (unpaired) electrons. The van der Waals surface area contributed by atoms with Crippen molar-refractivity contribution >= 4 is 17.2 Å². The van der Waals surface area contributed by atoms with Crippen LogP contribution in [0, 0.1) is 0 Å². The Morgan fingerprint density at radius 2 is 1.60 bits per heavy atom. The number of hydrogen-bond acceptors (Lipinski definition) is 5. The number of benzene rings is 2. The predicted molar refractivity (Wildman–Crippen MR) is 98.3 cm³/mol. The third kappa shape index (κ3) is 4.16. The molecule has 0 aliphatic carbocycles. The van der Waals surface area contributed by atoms with Crippen molar-refractivity contribution in [3.05, 3.63) is 64.5 Å². The molecule has 1 heterocycles. The van der Waals surface area contributed by atoms with Gasteiger partial charge in [-0.05, 0) is 48.5 Å². The summed E-state index contributed by atoms with van der Waals surface area (Å²) in [6.07, 6.45) is 0. The zero-order valence-corrected chi connectivity index (χ0v) is 14.8. The van der Waals surface area contributed by atoms with E-state index in [9.17, 15) is 4.79 Å². The van der Waals surface area contributed by atoms with E-state index in [2.05, 4.69) is 10.3 Å². The molecule has 3 aromatic rings. The molecular formula is C19H18N2O3S. The molecule has 1 amide bonds. The van der Waals surface area contributed by atoms with E-state index in [1.807, 2.05) is 29.6 Å². The topological polar surface area (TPSA) is 60.5 Å². The van der Waals surface area contributed by atoms with Gasteiger partial charge in [0.2, 0.25) is 0 Å². The van der Waals surface area contributed by atoms with Gasteiger partial charge < -0.3 is 14.8 Å². The van der Waals surface area contributed by atoms with E-state index in [1.54, 1.807) is 38.5 Å². The molecular weight excluding hydrogens is 336 g/mol. The van der Waals surface area contributed by atoms with E-state index >= 15 is 0 Å². The third-order valence-electron chi connectivity index (χ3n) is 3.69. The molecule has 128 valence electrons. The van der Waals surface area contributed by atoms with Crippen LogP contribution in [0.3, 0.4) is 0 Å². The van der Waals surface area contributed by atoms with Crippen molar-refractivity contribution < 1.29 is 14.3 Å². The van der Waals surface area contributed by atoms with Gasteiger partial charge >= 0.3 is 0 Å². The first kappa shape index (κ1) is 17.0. The first-order valence-corrected chi connectivity index (χ1v) is 8.58. The van der Waals surface area contributed by atoms with Crippen LogP contribution in [-0.4, -0.2) is 25.1 Å². The van der Waals surface area contributed by atoms with Crippen LogP contribution in [-0.2, 0) is 6.54 Å². The zero-order valence-electron chi connectivity index (χ0n) is 14.0. The number of rotatable bonds is 6. The van der Waals surface area contributed by atoms with Crippen LogP contribution in [0.5, 0.6) is 11.5 Å². The molecule has 1 aromatic heterocycles. The highest BCUT2D eigenvalue weighted by Gasteiger charge is 2.08. The van der Waals surface area contributed by atoms with E-state index < -0.39 is 0 Å². The predicted octanol–water partition coefficient (Wildman–Crippen LogP) is 3.76. The molecule has 5 nitrogen and oxygen atoms in total. The third-order valence-corrected chi connectivity index (χ3v) is 4.54. The lowest BCUT2D eigenvalue weighted by atomic mass is 10.2. The molecule has 1 N–H and O–H groups in total. The van der Waals surface area contributed by atoms with Crippen LogP contribution in [0.1, 0.15) is 15.4 Å². The van der Waals surface area contributed by atoms with Crippen molar-refractivity contribution in [3.63, 3.8) is 0 Å². The van der Waals surface area contributed by atoms with Crippen LogP contribution in [0.4, 0.5) is 0 Å². The van der Waals surface area contributed by atoms with Gasteiger partial charge in [-0.3, -0.25) is 4.79 Å². The van der Waals surface area contributed by atoms with Crippen LogP contribution < -0.4 is 14.8 Å². The standard InChI is InChI=1S/C19H18N2O3S/c1-23-15-7-3-13(4-8-15)17-12-25-18(21-17)11-20-19(22)14-5-9-16(24-2)10-6-14/h3-10,12H,11H2,1-2H3,(H,20,22). The number of ether oxygens (including phenoxy) is 2. The molecule has 0 unspecified atom stereocenters. The minimum atomic E-state index is -0.135. The van der Waals surface area contributed by atoms with E-state index in [1.165, 1.54) is 11.3 Å². The quantitative estimate of drug-likeness (QED) is 0.732. The number of carbonyl (C=O) groups is 1. The Labute approximate surface area is 150 Å². The van der Waals surface area contributed by atoms with Gasteiger partial charge in [-0.2, -0.15) is 0 Å². The molecule has 2 aromatic carbocycles. The van der Waals surface area contributed by atoms with Crippen LogP contribution in [0.25, 0.3) is 11.3 Å². The fraction of sp³-hybridized carbons (Fsp3) is 0.158. The summed E-state index contributed by atoms with van der Waals surface area (Å²) < 4.78 is 10.2. The normalized spacial score (nSPS) is 10.3. The van der Waals surface area contributed by atoms with Gasteiger partial charge in [-0.25, -0.2) is 4.98 Å². The van der Waals surface area contributed by atoms with Crippen molar-refractivity contribution in [2.45, 2.75) is 6.54 Å². The van der Waals surface area contributed by atoms with Gasteiger partial charge in [-0.15, -0.1) is 11.3 Å². The molecule has 0 aliphatic rings. The fourth-order valence-electron chi connectivity index (χ4n) is 2.29. The highest BCUT2D eigenvalue weighted by Crippen LogP contribution is 2.24. The summed E-state index contributed by atoms with van der Waals surface area (Å²) in [6, 6.07) is 14.7. The van der Waals surface area contributed by atoms with Crippen molar-refractivity contribution in [3.8, 4) is 22.8 Å². The Bertz CT molecular complexity index is 842. The number of methoxy groups -OCH3 is 2. The SMILES string of the molecule is COc1ccc(C(=O)NCc2nc(-c3ccc(OC)cc3)cs2)cc1. The summed E-state index contributed by atoms with van der Waals surface area (Å²) in [5.74, 6) is 1.40. The molecule has 0 atom stereocenters. The maximum atomic E-state index is 12.2. The Kier molecular flexibility index (Phi) is 5.30. The maximum absolute atomic E-state index is 12.2. The number of aromatic nitrogens is 1. The van der Waals surface area contributed by atoms with Crippen LogP contribution in [0.2, 0.25) is 0 Å². The fourth-order valence-corrected chi connectivity index (χ4v) is 3.03. The van der Waals surface area contributed by atoms with Gasteiger partial charge in [0.25, 0.3) is 5.91 Å². The lowest BCUT2D eigenvalue weighted by molar-refractivity contribution is 0.0951. The van der Waals surface area contributed by atoms with Gasteiger partial charge in [-0.1, -0.05) is 0 Å². The first-order chi connectivity index (χ1) is 12.2. The van der Waals surface area contributed by atoms with Crippen LogP contribution >= 0.6 is 11.3 Å². The monoisotopic (exact) mass is 354 g/mol. The summed E-state index contributed by atoms with van der Waals surface area (Å²) in [5.41, 5.74) is 2.50. The molecule has 0 aliphatic heterocycles. The van der Waals surface area contributed by atoms with Crippen molar-refractivity contribution in [2.24, 2.45) is 0 Å². The number of thiazole rings is 1. The molecule has 0 bridgehead atoms. The Balaban J connectivity index is 1.61. The summed E-state index contributed by atoms with van der Waals surface area (Å²) in [7, 11) is 3.24. The van der Waals surface area contributed by atoms with E-state index in [-0.39, 0.29) is 5.91 Å². The smallest absolute Gasteiger partial charge is 0.251 e. The Hall–Kier alpha value is -2.86. The van der Waals surface area contributed by atoms with E-state index in [0.717, 1.165) is 27.8 Å². The second-order valence-corrected chi connectivity index (χ2v) is 6.21. The average molecular weight is 354 g/mol. The molecule has 0 fully saturated rings. The molecule has 0 saturated heterocycles. The summed E-state index contributed by atoms with van der Waals surface area (Å²) in [4.78, 5) is 16.7. The van der Waals surface area contributed by atoms with Crippen molar-refractivity contribution in [2.75, 3.05) is 14.2 Å². The van der Waals surface area contributed by atoms with Gasteiger partial charge in [0.15, 0.2) is 0 Å². The van der Waals surface area contributed by atoms with Gasteiger partial charge in [0, 0.05) is 16.5 Å². The molecule has 3 rings (SSSR count). The minimum absolute atomic E-state index is 0.135. The Morgan fingerprint density at radius 1 is 1.00 bits per heavy atom. The minimum Gasteiger partial charge on any atom is -0.497 e. The summed E-state index contributed by atoms with van der Waals surface area (Å²) in [6.45, 7) is 0.395.